The van der Waals surface area contributed by atoms with Crippen molar-refractivity contribution in [2.24, 2.45) is 0 Å². The lowest BCUT2D eigenvalue weighted by molar-refractivity contribution is -0.384. The van der Waals surface area contributed by atoms with Crippen molar-refractivity contribution < 1.29 is 19.2 Å². The van der Waals surface area contributed by atoms with Crippen molar-refractivity contribution in [3.8, 4) is 5.75 Å². The summed E-state index contributed by atoms with van der Waals surface area (Å²) < 4.78 is 6.81. The highest BCUT2D eigenvalue weighted by atomic mass is 32.2. The summed E-state index contributed by atoms with van der Waals surface area (Å²) in [4.78, 5) is 35.6. The number of anilines is 1. The monoisotopic (exact) mass is 484 g/mol. The molecule has 3 aromatic rings. The standard InChI is InChI=1S/C22H24N6O5S/c1-4-27-20(14(2)23-21(30)15-8-6-5-7-9-15)25-26-22(27)34-13-19(29)24-17-11-10-16(33-3)12-18(17)28(31)32/h5-12,14H,4,13H2,1-3H3,(H,23,30)(H,24,29)/t14-/m1/s1. The van der Waals surface area contributed by atoms with Crippen LogP contribution < -0.4 is 15.4 Å². The van der Waals surface area contributed by atoms with Gasteiger partial charge in [-0.1, -0.05) is 30.0 Å². The minimum absolute atomic E-state index is 0.0356. The lowest BCUT2D eigenvalue weighted by Gasteiger charge is -2.15. The first kappa shape index (κ1) is 24.7. The predicted octanol–water partition coefficient (Wildman–Crippen LogP) is 3.44. The van der Waals surface area contributed by atoms with Crippen molar-refractivity contribution >= 4 is 35.0 Å². The fraction of sp³-hybridized carbons (Fsp3) is 0.273. The van der Waals surface area contributed by atoms with Gasteiger partial charge < -0.3 is 19.9 Å². The Kier molecular flexibility index (Phi) is 8.19. The number of aromatic nitrogens is 3. The third-order valence-electron chi connectivity index (χ3n) is 4.84. The van der Waals surface area contributed by atoms with E-state index in [9.17, 15) is 19.7 Å². The van der Waals surface area contributed by atoms with Crippen LogP contribution >= 0.6 is 11.8 Å². The summed E-state index contributed by atoms with van der Waals surface area (Å²) in [5, 5.41) is 25.6. The quantitative estimate of drug-likeness (QED) is 0.253. The van der Waals surface area contributed by atoms with Gasteiger partial charge in [0.05, 0.1) is 29.9 Å². The van der Waals surface area contributed by atoms with Crippen LogP contribution in [0.4, 0.5) is 11.4 Å². The second-order valence-electron chi connectivity index (χ2n) is 7.12. The molecule has 0 saturated heterocycles. The van der Waals surface area contributed by atoms with Crippen LogP contribution in [0.2, 0.25) is 0 Å². The number of rotatable bonds is 10. The number of nitrogens with zero attached hydrogens (tertiary/aromatic N) is 4. The molecule has 34 heavy (non-hydrogen) atoms. The zero-order valence-electron chi connectivity index (χ0n) is 18.8. The minimum atomic E-state index is -0.587. The van der Waals surface area contributed by atoms with Crippen LogP contribution in [0.25, 0.3) is 0 Å². The molecule has 12 heteroatoms. The van der Waals surface area contributed by atoms with Crippen LogP contribution in [-0.2, 0) is 11.3 Å². The molecule has 11 nitrogen and oxygen atoms in total. The van der Waals surface area contributed by atoms with Gasteiger partial charge in [0.1, 0.15) is 11.4 Å². The Morgan fingerprint density at radius 2 is 1.94 bits per heavy atom. The van der Waals surface area contributed by atoms with Crippen LogP contribution in [0.5, 0.6) is 5.75 Å². The molecule has 0 radical (unpaired) electrons. The third kappa shape index (κ3) is 5.90. The van der Waals surface area contributed by atoms with Crippen LogP contribution in [0.3, 0.4) is 0 Å². The molecule has 2 aromatic carbocycles. The van der Waals surface area contributed by atoms with Crippen molar-refractivity contribution in [1.29, 1.82) is 0 Å². The molecule has 0 spiro atoms. The maximum atomic E-state index is 12.5. The summed E-state index contributed by atoms with van der Waals surface area (Å²) in [6.45, 7) is 4.24. The van der Waals surface area contributed by atoms with Crippen molar-refractivity contribution in [1.82, 2.24) is 20.1 Å². The van der Waals surface area contributed by atoms with Gasteiger partial charge in [0.15, 0.2) is 11.0 Å². The van der Waals surface area contributed by atoms with Crippen molar-refractivity contribution in [3.05, 3.63) is 70.0 Å². The van der Waals surface area contributed by atoms with E-state index in [1.165, 1.54) is 25.3 Å². The van der Waals surface area contributed by atoms with E-state index in [2.05, 4.69) is 20.8 Å². The average molecular weight is 485 g/mol. The summed E-state index contributed by atoms with van der Waals surface area (Å²) in [5.41, 5.74) is 0.349. The molecular weight excluding hydrogens is 460 g/mol. The first-order valence-electron chi connectivity index (χ1n) is 10.4. The fourth-order valence-electron chi connectivity index (χ4n) is 3.17. The summed E-state index contributed by atoms with van der Waals surface area (Å²) in [7, 11) is 1.40. The Bertz CT molecular complexity index is 1180. The summed E-state index contributed by atoms with van der Waals surface area (Å²) in [5.74, 6) is 0.174. The van der Waals surface area contributed by atoms with Crippen molar-refractivity contribution in [2.45, 2.75) is 31.6 Å². The molecule has 0 aliphatic heterocycles. The van der Waals surface area contributed by atoms with E-state index in [-0.39, 0.29) is 23.0 Å². The minimum Gasteiger partial charge on any atom is -0.496 e. The van der Waals surface area contributed by atoms with Gasteiger partial charge >= 0.3 is 0 Å². The van der Waals surface area contributed by atoms with E-state index in [4.69, 9.17) is 4.74 Å². The number of thioether (sulfide) groups is 1. The lowest BCUT2D eigenvalue weighted by atomic mass is 10.2. The average Bonchev–Trinajstić information content (AvgIpc) is 3.26. The smallest absolute Gasteiger partial charge is 0.296 e. The molecule has 0 aliphatic carbocycles. The predicted molar refractivity (Wildman–Crippen MR) is 127 cm³/mol. The molecule has 1 heterocycles. The fourth-order valence-corrected chi connectivity index (χ4v) is 3.98. The Hall–Kier alpha value is -3.93. The molecule has 178 valence electrons. The third-order valence-corrected chi connectivity index (χ3v) is 5.81. The van der Waals surface area contributed by atoms with Crippen molar-refractivity contribution in [2.75, 3.05) is 18.2 Å². The van der Waals surface area contributed by atoms with E-state index < -0.39 is 16.9 Å². The van der Waals surface area contributed by atoms with Crippen molar-refractivity contribution in [3.63, 3.8) is 0 Å². The maximum Gasteiger partial charge on any atom is 0.296 e. The number of nitro groups is 1. The largest absolute Gasteiger partial charge is 0.496 e. The Labute approximate surface area is 200 Å². The Morgan fingerprint density at radius 3 is 2.59 bits per heavy atom. The molecule has 0 unspecified atom stereocenters. The molecule has 0 bridgehead atoms. The molecule has 2 N–H and O–H groups in total. The van der Waals surface area contributed by atoms with Crippen LogP contribution in [0.15, 0.2) is 53.7 Å². The maximum absolute atomic E-state index is 12.5. The molecular formula is C22H24N6O5S. The summed E-state index contributed by atoms with van der Waals surface area (Å²) >= 11 is 1.14. The number of methoxy groups -OCH3 is 1. The van der Waals surface area contributed by atoms with E-state index in [1.807, 2.05) is 17.6 Å². The van der Waals surface area contributed by atoms with Gasteiger partial charge in [0, 0.05) is 12.1 Å². The first-order valence-corrected chi connectivity index (χ1v) is 11.4. The summed E-state index contributed by atoms with van der Waals surface area (Å²) in [6.07, 6.45) is 0. The van der Waals surface area contributed by atoms with Crippen LogP contribution in [-0.4, -0.2) is 44.4 Å². The van der Waals surface area contributed by atoms with Gasteiger partial charge in [-0.25, -0.2) is 0 Å². The molecule has 1 atom stereocenters. The topological polar surface area (TPSA) is 141 Å². The van der Waals surface area contributed by atoms with E-state index >= 15 is 0 Å². The number of amides is 2. The number of nitrogens with one attached hydrogen (secondary N) is 2. The second-order valence-corrected chi connectivity index (χ2v) is 8.07. The van der Waals surface area contributed by atoms with Gasteiger partial charge in [-0.3, -0.25) is 19.7 Å². The van der Waals surface area contributed by atoms with Gasteiger partial charge in [-0.15, -0.1) is 10.2 Å². The first-order chi connectivity index (χ1) is 16.3. The molecule has 0 aliphatic rings. The number of ether oxygens (including phenoxy) is 1. The molecule has 0 fully saturated rings. The molecule has 3 rings (SSSR count). The van der Waals surface area contributed by atoms with E-state index in [0.717, 1.165) is 11.8 Å². The number of carbonyl (C=O) groups is 2. The molecule has 1 aromatic heterocycles. The zero-order chi connectivity index (χ0) is 24.7. The van der Waals surface area contributed by atoms with E-state index in [1.54, 1.807) is 31.2 Å². The van der Waals surface area contributed by atoms with Gasteiger partial charge in [0.2, 0.25) is 5.91 Å². The zero-order valence-corrected chi connectivity index (χ0v) is 19.7. The highest BCUT2D eigenvalue weighted by Crippen LogP contribution is 2.29. The van der Waals surface area contributed by atoms with Gasteiger partial charge in [-0.2, -0.15) is 0 Å². The number of benzene rings is 2. The van der Waals surface area contributed by atoms with Gasteiger partial charge in [-0.05, 0) is 38.1 Å². The SMILES string of the molecule is CCn1c(SCC(=O)Nc2ccc(OC)cc2[N+](=O)[O-])nnc1[C@@H](C)NC(=O)c1ccccc1. The lowest BCUT2D eigenvalue weighted by Crippen LogP contribution is -2.28. The number of hydrogen-bond donors (Lipinski definition) is 2. The Balaban J connectivity index is 1.65. The normalized spacial score (nSPS) is 11.5. The van der Waals surface area contributed by atoms with Gasteiger partial charge in [0.25, 0.3) is 11.6 Å². The Morgan fingerprint density at radius 1 is 1.21 bits per heavy atom. The number of hydrogen-bond acceptors (Lipinski definition) is 8. The molecule has 2 amide bonds. The highest BCUT2D eigenvalue weighted by molar-refractivity contribution is 7.99. The second kappa shape index (κ2) is 11.3. The summed E-state index contributed by atoms with van der Waals surface area (Å²) in [6, 6.07) is 12.6. The highest BCUT2D eigenvalue weighted by Gasteiger charge is 2.21. The number of nitro benzene ring substituents is 1. The van der Waals surface area contributed by atoms with E-state index in [0.29, 0.717) is 28.8 Å². The molecule has 0 saturated carbocycles. The van der Waals surface area contributed by atoms with Crippen LogP contribution in [0.1, 0.15) is 36.1 Å². The number of carbonyl (C=O) groups excluding carboxylic acids is 2. The van der Waals surface area contributed by atoms with Crippen LogP contribution in [0, 0.1) is 10.1 Å².